The molecule has 2 saturated heterocycles. The van der Waals surface area contributed by atoms with Gasteiger partial charge in [0.1, 0.15) is 6.04 Å². The average molecular weight is 322 g/mol. The molecule has 1 saturated carbocycles. The molecule has 7 nitrogen and oxygen atoms in total. The van der Waals surface area contributed by atoms with Crippen LogP contribution < -0.4 is 10.6 Å². The van der Waals surface area contributed by atoms with Gasteiger partial charge < -0.3 is 10.2 Å². The van der Waals surface area contributed by atoms with Gasteiger partial charge in [-0.05, 0) is 18.8 Å². The lowest BCUT2D eigenvalue weighted by Crippen LogP contribution is -2.51. The molecular weight excluding hydrogens is 296 g/mol. The van der Waals surface area contributed by atoms with Crippen LogP contribution in [-0.4, -0.2) is 66.4 Å². The van der Waals surface area contributed by atoms with Gasteiger partial charge in [-0.1, -0.05) is 19.3 Å². The van der Waals surface area contributed by atoms with Gasteiger partial charge in [0.05, 0.1) is 6.42 Å². The molecule has 0 aromatic rings. The molecule has 3 fully saturated rings. The molecule has 23 heavy (non-hydrogen) atoms. The van der Waals surface area contributed by atoms with Gasteiger partial charge in [-0.2, -0.15) is 0 Å². The number of carbonyl (C=O) groups is 3. The predicted octanol–water partition coefficient (Wildman–Crippen LogP) is 0.309. The number of urea groups is 1. The minimum atomic E-state index is -0.713. The molecular formula is C16H26N4O3. The summed E-state index contributed by atoms with van der Waals surface area (Å²) >= 11 is 0. The second-order valence-corrected chi connectivity index (χ2v) is 6.90. The van der Waals surface area contributed by atoms with E-state index in [2.05, 4.69) is 15.5 Å². The molecule has 128 valence electrons. The molecule has 7 heteroatoms. The van der Waals surface area contributed by atoms with Crippen molar-refractivity contribution in [1.29, 1.82) is 0 Å². The normalized spacial score (nSPS) is 27.0. The van der Waals surface area contributed by atoms with Gasteiger partial charge in [0.15, 0.2) is 0 Å². The van der Waals surface area contributed by atoms with Crippen molar-refractivity contribution in [2.45, 2.75) is 44.6 Å². The summed E-state index contributed by atoms with van der Waals surface area (Å²) in [5.41, 5.74) is 0. The molecule has 3 rings (SSSR count). The highest BCUT2D eigenvalue weighted by Gasteiger charge is 2.33. The highest BCUT2D eigenvalue weighted by atomic mass is 16.2. The van der Waals surface area contributed by atoms with Crippen LogP contribution in [0.5, 0.6) is 0 Å². The van der Waals surface area contributed by atoms with E-state index in [9.17, 15) is 14.4 Å². The summed E-state index contributed by atoms with van der Waals surface area (Å²) in [5.74, 6) is 0.368. The second-order valence-electron chi connectivity index (χ2n) is 6.90. The number of piperazine rings is 1. The molecule has 0 aromatic heterocycles. The van der Waals surface area contributed by atoms with Crippen LogP contribution in [0.15, 0.2) is 0 Å². The maximum absolute atomic E-state index is 12.3. The summed E-state index contributed by atoms with van der Waals surface area (Å²) in [6.07, 6.45) is 6.84. The number of nitrogens with zero attached hydrogens (tertiary/aromatic N) is 2. The van der Waals surface area contributed by atoms with Crippen molar-refractivity contribution in [1.82, 2.24) is 20.4 Å². The molecule has 0 aromatic carbocycles. The number of amides is 4. The van der Waals surface area contributed by atoms with E-state index in [1.165, 1.54) is 32.1 Å². The highest BCUT2D eigenvalue weighted by Crippen LogP contribution is 2.24. The van der Waals surface area contributed by atoms with Crippen LogP contribution in [-0.2, 0) is 9.59 Å². The zero-order valence-electron chi connectivity index (χ0n) is 13.6. The average Bonchev–Trinajstić information content (AvgIpc) is 2.86. The fourth-order valence-electron chi connectivity index (χ4n) is 3.82. The van der Waals surface area contributed by atoms with Gasteiger partial charge in [-0.3, -0.25) is 19.8 Å². The van der Waals surface area contributed by atoms with Crippen LogP contribution in [0.2, 0.25) is 0 Å². The van der Waals surface area contributed by atoms with E-state index in [-0.39, 0.29) is 12.3 Å². The summed E-state index contributed by atoms with van der Waals surface area (Å²) in [4.78, 5) is 39.1. The standard InChI is InChI=1S/C16H26N4O3/c21-14(10-13-15(22)18-16(23)17-13)20-8-6-19(7-9-20)11-12-4-2-1-3-5-12/h12-13H,1-11H2,(H2,17,18,22,23). The molecule has 0 radical (unpaired) electrons. The Kier molecular flexibility index (Phi) is 5.15. The molecule has 0 spiro atoms. The van der Waals surface area contributed by atoms with E-state index in [1.54, 1.807) is 0 Å². The van der Waals surface area contributed by atoms with Crippen LogP contribution in [0.1, 0.15) is 38.5 Å². The Balaban J connectivity index is 1.40. The smallest absolute Gasteiger partial charge is 0.322 e. The Morgan fingerprint density at radius 3 is 2.35 bits per heavy atom. The van der Waals surface area contributed by atoms with Gasteiger partial charge in [-0.15, -0.1) is 0 Å². The Bertz CT molecular complexity index is 468. The van der Waals surface area contributed by atoms with Gasteiger partial charge >= 0.3 is 6.03 Å². The van der Waals surface area contributed by atoms with Crippen LogP contribution in [0, 0.1) is 5.92 Å². The first-order valence-corrected chi connectivity index (χ1v) is 8.73. The molecule has 4 amide bonds. The minimum Gasteiger partial charge on any atom is -0.340 e. The third-order valence-corrected chi connectivity index (χ3v) is 5.20. The Hall–Kier alpha value is -1.63. The third kappa shape index (κ3) is 4.22. The molecule has 3 aliphatic rings. The Morgan fingerprint density at radius 2 is 1.74 bits per heavy atom. The van der Waals surface area contributed by atoms with Gasteiger partial charge in [0.2, 0.25) is 5.91 Å². The van der Waals surface area contributed by atoms with Gasteiger partial charge in [0, 0.05) is 32.7 Å². The van der Waals surface area contributed by atoms with Crippen molar-refractivity contribution in [2.75, 3.05) is 32.7 Å². The fourth-order valence-corrected chi connectivity index (χ4v) is 3.82. The summed E-state index contributed by atoms with van der Waals surface area (Å²) in [7, 11) is 0. The van der Waals surface area contributed by atoms with E-state index in [0.29, 0.717) is 13.1 Å². The van der Waals surface area contributed by atoms with E-state index >= 15 is 0 Å². The van der Waals surface area contributed by atoms with Crippen molar-refractivity contribution in [3.63, 3.8) is 0 Å². The summed E-state index contributed by atoms with van der Waals surface area (Å²) in [6.45, 7) is 4.40. The van der Waals surface area contributed by atoms with Crippen molar-refractivity contribution >= 4 is 17.8 Å². The highest BCUT2D eigenvalue weighted by molar-refractivity contribution is 6.05. The lowest BCUT2D eigenvalue weighted by molar-refractivity contribution is -0.135. The Labute approximate surface area is 136 Å². The molecule has 1 atom stereocenters. The zero-order chi connectivity index (χ0) is 16.2. The van der Waals surface area contributed by atoms with E-state index in [1.807, 2.05) is 4.90 Å². The fraction of sp³-hybridized carbons (Fsp3) is 0.812. The lowest BCUT2D eigenvalue weighted by Gasteiger charge is -2.37. The first-order valence-electron chi connectivity index (χ1n) is 8.73. The lowest BCUT2D eigenvalue weighted by atomic mass is 9.89. The first kappa shape index (κ1) is 16.2. The largest absolute Gasteiger partial charge is 0.340 e. The van der Waals surface area contributed by atoms with Crippen molar-refractivity contribution < 1.29 is 14.4 Å². The zero-order valence-corrected chi connectivity index (χ0v) is 13.6. The van der Waals surface area contributed by atoms with Gasteiger partial charge in [-0.25, -0.2) is 4.79 Å². The van der Waals surface area contributed by atoms with Crippen LogP contribution in [0.4, 0.5) is 4.79 Å². The topological polar surface area (TPSA) is 81.8 Å². The third-order valence-electron chi connectivity index (χ3n) is 5.20. The van der Waals surface area contributed by atoms with E-state index in [4.69, 9.17) is 0 Å². The number of imide groups is 1. The number of rotatable bonds is 4. The number of carbonyl (C=O) groups excluding carboxylic acids is 3. The Morgan fingerprint density at radius 1 is 1.04 bits per heavy atom. The molecule has 2 aliphatic heterocycles. The maximum Gasteiger partial charge on any atom is 0.322 e. The number of hydrogen-bond acceptors (Lipinski definition) is 4. The summed E-state index contributed by atoms with van der Waals surface area (Å²) in [5, 5.41) is 4.64. The monoisotopic (exact) mass is 322 g/mol. The number of hydrogen-bond donors (Lipinski definition) is 2. The van der Waals surface area contributed by atoms with E-state index < -0.39 is 18.0 Å². The summed E-state index contributed by atoms with van der Waals surface area (Å²) in [6, 6.07) is -1.22. The molecule has 0 bridgehead atoms. The van der Waals surface area contributed by atoms with Crippen molar-refractivity contribution in [3.8, 4) is 0 Å². The van der Waals surface area contributed by atoms with Crippen molar-refractivity contribution in [3.05, 3.63) is 0 Å². The molecule has 1 unspecified atom stereocenters. The van der Waals surface area contributed by atoms with Gasteiger partial charge in [0.25, 0.3) is 5.91 Å². The number of nitrogens with one attached hydrogen (secondary N) is 2. The summed E-state index contributed by atoms with van der Waals surface area (Å²) < 4.78 is 0. The first-order chi connectivity index (χ1) is 11.1. The molecule has 2 N–H and O–H groups in total. The SMILES string of the molecule is O=C1NC(=O)C(CC(=O)N2CCN(CC3CCCCC3)CC2)N1. The van der Waals surface area contributed by atoms with Crippen LogP contribution in [0.3, 0.4) is 0 Å². The second kappa shape index (κ2) is 7.29. The van der Waals surface area contributed by atoms with Crippen LogP contribution in [0.25, 0.3) is 0 Å². The van der Waals surface area contributed by atoms with Crippen LogP contribution >= 0.6 is 0 Å². The van der Waals surface area contributed by atoms with E-state index in [0.717, 1.165) is 25.6 Å². The van der Waals surface area contributed by atoms with Crippen molar-refractivity contribution in [2.24, 2.45) is 5.92 Å². The predicted molar refractivity (Wildman–Crippen MR) is 84.7 cm³/mol. The maximum atomic E-state index is 12.3. The molecule has 1 aliphatic carbocycles. The quantitative estimate of drug-likeness (QED) is 0.730. The minimum absolute atomic E-state index is 0.0512. The molecule has 2 heterocycles.